The van der Waals surface area contributed by atoms with Gasteiger partial charge in [0.2, 0.25) is 0 Å². The van der Waals surface area contributed by atoms with Crippen LogP contribution in [0.15, 0.2) is 0 Å². The van der Waals surface area contributed by atoms with E-state index >= 15 is 0 Å². The highest BCUT2D eigenvalue weighted by atomic mass is 16.7. The Labute approximate surface area is 118 Å². The summed E-state index contributed by atoms with van der Waals surface area (Å²) in [5, 5.41) is 0. The van der Waals surface area contributed by atoms with Crippen molar-refractivity contribution in [3.8, 4) is 0 Å². The maximum Gasteiger partial charge on any atom is 0.320 e. The number of carbonyl (C=O) groups excluding carboxylic acids is 2. The molecule has 1 heterocycles. The van der Waals surface area contributed by atoms with Crippen molar-refractivity contribution in [3.63, 3.8) is 0 Å². The third-order valence-corrected chi connectivity index (χ3v) is 3.84. The molecule has 0 aromatic rings. The zero-order valence-electron chi connectivity index (χ0n) is 12.1. The topological polar surface area (TPSA) is 71.1 Å². The van der Waals surface area contributed by atoms with E-state index in [4.69, 9.17) is 18.9 Å². The predicted molar refractivity (Wildman–Crippen MR) is 68.7 cm³/mol. The highest BCUT2D eigenvalue weighted by molar-refractivity contribution is 5.95. The zero-order chi connectivity index (χ0) is 14.6. The first-order valence-corrected chi connectivity index (χ1v) is 7.23. The smallest absolute Gasteiger partial charge is 0.320 e. The Balaban J connectivity index is 2.06. The highest BCUT2D eigenvalue weighted by Crippen LogP contribution is 2.44. The Hall–Kier alpha value is -1.14. The van der Waals surface area contributed by atoms with Gasteiger partial charge in [-0.2, -0.15) is 0 Å². The SMILES string of the molecule is CCOC(=O)C(C(=O)OCC)[C@H]1CCC2(C1)OCCO2. The maximum absolute atomic E-state index is 12.0. The normalized spacial score (nSPS) is 24.2. The fraction of sp³-hybridized carbons (Fsp3) is 0.857. The van der Waals surface area contributed by atoms with Gasteiger partial charge in [0.25, 0.3) is 0 Å². The molecule has 2 rings (SSSR count). The van der Waals surface area contributed by atoms with Crippen molar-refractivity contribution >= 4 is 11.9 Å². The second-order valence-electron chi connectivity index (χ2n) is 5.09. The Morgan fingerprint density at radius 2 is 1.70 bits per heavy atom. The summed E-state index contributed by atoms with van der Waals surface area (Å²) in [5.74, 6) is -2.65. The highest BCUT2D eigenvalue weighted by Gasteiger charge is 2.50. The quantitative estimate of drug-likeness (QED) is 0.560. The molecule has 1 aliphatic carbocycles. The average Bonchev–Trinajstić information content (AvgIpc) is 3.02. The molecule has 6 heteroatoms. The summed E-state index contributed by atoms with van der Waals surface area (Å²) in [6, 6.07) is 0. The van der Waals surface area contributed by atoms with E-state index in [-0.39, 0.29) is 19.1 Å². The molecule has 0 amide bonds. The molecule has 0 aromatic carbocycles. The summed E-state index contributed by atoms with van der Waals surface area (Å²) in [6.45, 7) is 5.07. The Morgan fingerprint density at radius 3 is 2.20 bits per heavy atom. The first kappa shape index (κ1) is 15.3. The summed E-state index contributed by atoms with van der Waals surface area (Å²) in [4.78, 5) is 24.1. The van der Waals surface area contributed by atoms with Gasteiger partial charge in [-0.25, -0.2) is 0 Å². The van der Waals surface area contributed by atoms with Crippen molar-refractivity contribution < 1.29 is 28.5 Å². The molecular weight excluding hydrogens is 264 g/mol. The van der Waals surface area contributed by atoms with Crippen molar-refractivity contribution in [2.24, 2.45) is 11.8 Å². The van der Waals surface area contributed by atoms with E-state index in [1.807, 2.05) is 0 Å². The van der Waals surface area contributed by atoms with Crippen LogP contribution < -0.4 is 0 Å². The van der Waals surface area contributed by atoms with Crippen LogP contribution in [0.25, 0.3) is 0 Å². The van der Waals surface area contributed by atoms with Gasteiger partial charge in [0.05, 0.1) is 26.4 Å². The van der Waals surface area contributed by atoms with Crippen LogP contribution in [0.1, 0.15) is 33.1 Å². The fourth-order valence-electron chi connectivity index (χ4n) is 3.00. The maximum atomic E-state index is 12.0. The predicted octanol–water partition coefficient (Wildman–Crippen LogP) is 1.27. The number of hydrogen-bond acceptors (Lipinski definition) is 6. The molecule has 0 N–H and O–H groups in total. The summed E-state index contributed by atoms with van der Waals surface area (Å²) in [7, 11) is 0. The molecule has 0 bridgehead atoms. The molecule has 1 saturated heterocycles. The van der Waals surface area contributed by atoms with E-state index < -0.39 is 23.6 Å². The molecule has 20 heavy (non-hydrogen) atoms. The van der Waals surface area contributed by atoms with Gasteiger partial charge in [0.1, 0.15) is 0 Å². The number of ether oxygens (including phenoxy) is 4. The molecule has 1 saturated carbocycles. The summed E-state index contributed by atoms with van der Waals surface area (Å²) < 4.78 is 21.3. The lowest BCUT2D eigenvalue weighted by molar-refractivity contribution is -0.168. The van der Waals surface area contributed by atoms with Gasteiger partial charge in [0.15, 0.2) is 11.7 Å². The largest absolute Gasteiger partial charge is 0.465 e. The molecule has 2 aliphatic rings. The van der Waals surface area contributed by atoms with E-state index in [0.29, 0.717) is 32.5 Å². The van der Waals surface area contributed by atoms with Gasteiger partial charge >= 0.3 is 11.9 Å². The molecule has 6 nitrogen and oxygen atoms in total. The van der Waals surface area contributed by atoms with Crippen molar-refractivity contribution in [1.29, 1.82) is 0 Å². The Morgan fingerprint density at radius 1 is 1.15 bits per heavy atom. The average molecular weight is 286 g/mol. The van der Waals surface area contributed by atoms with Crippen LogP contribution in [0.4, 0.5) is 0 Å². The molecule has 0 radical (unpaired) electrons. The summed E-state index contributed by atoms with van der Waals surface area (Å²) in [5.41, 5.74) is 0. The van der Waals surface area contributed by atoms with Gasteiger partial charge in [-0.1, -0.05) is 0 Å². The van der Waals surface area contributed by atoms with E-state index in [2.05, 4.69) is 0 Å². The van der Waals surface area contributed by atoms with Gasteiger partial charge < -0.3 is 18.9 Å². The van der Waals surface area contributed by atoms with Gasteiger partial charge in [-0.3, -0.25) is 9.59 Å². The Kier molecular flexibility index (Phi) is 4.99. The van der Waals surface area contributed by atoms with E-state index in [0.717, 1.165) is 0 Å². The molecule has 1 spiro atoms. The summed E-state index contributed by atoms with van der Waals surface area (Å²) >= 11 is 0. The minimum Gasteiger partial charge on any atom is -0.465 e. The first-order chi connectivity index (χ1) is 9.62. The van der Waals surface area contributed by atoms with Crippen LogP contribution in [-0.4, -0.2) is 44.2 Å². The zero-order valence-corrected chi connectivity index (χ0v) is 12.1. The van der Waals surface area contributed by atoms with E-state index in [1.165, 1.54) is 0 Å². The number of hydrogen-bond donors (Lipinski definition) is 0. The molecule has 114 valence electrons. The van der Waals surface area contributed by atoms with E-state index in [9.17, 15) is 9.59 Å². The van der Waals surface area contributed by atoms with Crippen LogP contribution in [-0.2, 0) is 28.5 Å². The molecule has 1 atom stereocenters. The number of carbonyl (C=O) groups is 2. The second-order valence-corrected chi connectivity index (χ2v) is 5.09. The lowest BCUT2D eigenvalue weighted by Gasteiger charge is -2.24. The van der Waals surface area contributed by atoms with Crippen LogP contribution in [0.5, 0.6) is 0 Å². The van der Waals surface area contributed by atoms with Gasteiger partial charge in [0, 0.05) is 12.8 Å². The van der Waals surface area contributed by atoms with Crippen molar-refractivity contribution in [3.05, 3.63) is 0 Å². The molecule has 0 unspecified atom stereocenters. The molecule has 1 aliphatic heterocycles. The second kappa shape index (κ2) is 6.54. The van der Waals surface area contributed by atoms with Gasteiger partial charge in [-0.05, 0) is 26.2 Å². The van der Waals surface area contributed by atoms with Crippen LogP contribution in [0.2, 0.25) is 0 Å². The van der Waals surface area contributed by atoms with Crippen LogP contribution >= 0.6 is 0 Å². The number of esters is 2. The van der Waals surface area contributed by atoms with Gasteiger partial charge in [-0.15, -0.1) is 0 Å². The lowest BCUT2D eigenvalue weighted by atomic mass is 9.90. The summed E-state index contributed by atoms with van der Waals surface area (Å²) in [6.07, 6.45) is 1.94. The van der Waals surface area contributed by atoms with Crippen molar-refractivity contribution in [2.45, 2.75) is 38.9 Å². The van der Waals surface area contributed by atoms with Crippen LogP contribution in [0, 0.1) is 11.8 Å². The minimum absolute atomic E-state index is 0.147. The van der Waals surface area contributed by atoms with Crippen LogP contribution in [0.3, 0.4) is 0 Å². The minimum atomic E-state index is -0.873. The molecular formula is C14H22O6. The first-order valence-electron chi connectivity index (χ1n) is 7.23. The Bertz CT molecular complexity index is 343. The lowest BCUT2D eigenvalue weighted by Crippen LogP contribution is -2.35. The van der Waals surface area contributed by atoms with E-state index in [1.54, 1.807) is 13.8 Å². The molecule has 2 fully saturated rings. The van der Waals surface area contributed by atoms with Crippen molar-refractivity contribution in [2.75, 3.05) is 26.4 Å². The standard InChI is InChI=1S/C14H22O6/c1-3-17-12(15)11(13(16)18-4-2)10-5-6-14(9-10)19-7-8-20-14/h10-11H,3-9H2,1-2H3/t10-/m0/s1. The third-order valence-electron chi connectivity index (χ3n) is 3.84. The molecule has 0 aromatic heterocycles. The number of rotatable bonds is 5. The van der Waals surface area contributed by atoms with Crippen molar-refractivity contribution in [1.82, 2.24) is 0 Å². The monoisotopic (exact) mass is 286 g/mol. The third kappa shape index (κ3) is 3.12. The fourth-order valence-corrected chi connectivity index (χ4v) is 3.00.